The lowest BCUT2D eigenvalue weighted by atomic mass is 10.0. The molecule has 0 radical (unpaired) electrons. The number of benzene rings is 1. The molecule has 1 rings (SSSR count). The summed E-state index contributed by atoms with van der Waals surface area (Å²) in [6, 6.07) is 9.78. The van der Waals surface area contributed by atoms with Crippen molar-refractivity contribution in [3.63, 3.8) is 0 Å². The summed E-state index contributed by atoms with van der Waals surface area (Å²) < 4.78 is 0. The highest BCUT2D eigenvalue weighted by Crippen LogP contribution is 2.05. The van der Waals surface area contributed by atoms with Gasteiger partial charge in [-0.25, -0.2) is 0 Å². The predicted octanol–water partition coefficient (Wildman–Crippen LogP) is 2.32. The van der Waals surface area contributed by atoms with Crippen molar-refractivity contribution in [3.8, 4) is 0 Å². The molecule has 0 amide bonds. The average Bonchev–Trinajstić information content (AvgIpc) is 2.27. The predicted molar refractivity (Wildman–Crippen MR) is 62.7 cm³/mol. The monoisotopic (exact) mass is 205 g/mol. The van der Waals surface area contributed by atoms with Crippen LogP contribution in [0.15, 0.2) is 30.3 Å². The van der Waals surface area contributed by atoms with Gasteiger partial charge in [-0.05, 0) is 18.4 Å². The number of nitrogens with two attached hydrogens (primary N) is 1. The molecule has 0 saturated heterocycles. The van der Waals surface area contributed by atoms with Gasteiger partial charge in [-0.2, -0.15) is 0 Å². The molecular weight excluding hydrogens is 186 g/mol. The number of aryl methyl sites for hydroxylation is 1. The molecule has 0 spiro atoms. The van der Waals surface area contributed by atoms with Crippen LogP contribution in [0.5, 0.6) is 0 Å². The summed E-state index contributed by atoms with van der Waals surface area (Å²) in [5.74, 6) is 0.181. The summed E-state index contributed by atoms with van der Waals surface area (Å²) in [6.45, 7) is 2.05. The van der Waals surface area contributed by atoms with E-state index < -0.39 is 0 Å². The molecule has 0 fully saturated rings. The maximum absolute atomic E-state index is 11.6. The van der Waals surface area contributed by atoms with Crippen LogP contribution in [0.2, 0.25) is 0 Å². The van der Waals surface area contributed by atoms with E-state index in [4.69, 9.17) is 5.73 Å². The topological polar surface area (TPSA) is 43.1 Å². The Balaban J connectivity index is 2.34. The molecular formula is C13H19NO. The molecule has 0 aliphatic rings. The van der Waals surface area contributed by atoms with Crippen molar-refractivity contribution in [1.82, 2.24) is 0 Å². The van der Waals surface area contributed by atoms with Crippen molar-refractivity contribution in [1.29, 1.82) is 0 Å². The number of Topliss-reactive ketones (excluding diaryl/α,β-unsaturated/α-hetero) is 1. The van der Waals surface area contributed by atoms with E-state index in [9.17, 15) is 4.79 Å². The van der Waals surface area contributed by atoms with Gasteiger partial charge in [0.25, 0.3) is 0 Å². The highest BCUT2D eigenvalue weighted by molar-refractivity contribution is 5.83. The lowest BCUT2D eigenvalue weighted by molar-refractivity contribution is -0.120. The number of hydrogen-bond donors (Lipinski definition) is 1. The SMILES string of the molecule is CCCC(N)C(=O)CCc1ccccc1. The summed E-state index contributed by atoms with van der Waals surface area (Å²) in [4.78, 5) is 11.6. The van der Waals surface area contributed by atoms with E-state index in [1.54, 1.807) is 0 Å². The van der Waals surface area contributed by atoms with Crippen molar-refractivity contribution in [2.75, 3.05) is 0 Å². The maximum Gasteiger partial charge on any atom is 0.149 e. The zero-order valence-electron chi connectivity index (χ0n) is 9.28. The minimum atomic E-state index is -0.265. The zero-order chi connectivity index (χ0) is 11.1. The number of carbonyl (C=O) groups excluding carboxylic acids is 1. The normalized spacial score (nSPS) is 12.4. The van der Waals surface area contributed by atoms with Gasteiger partial charge in [-0.1, -0.05) is 43.7 Å². The molecule has 0 saturated carbocycles. The number of hydrogen-bond acceptors (Lipinski definition) is 2. The number of carbonyl (C=O) groups is 1. The van der Waals surface area contributed by atoms with E-state index in [2.05, 4.69) is 0 Å². The molecule has 2 nitrogen and oxygen atoms in total. The van der Waals surface area contributed by atoms with E-state index in [0.29, 0.717) is 6.42 Å². The van der Waals surface area contributed by atoms with Gasteiger partial charge in [0.05, 0.1) is 6.04 Å². The molecule has 0 heterocycles. The molecule has 2 heteroatoms. The Bertz CT molecular complexity index is 295. The first-order chi connectivity index (χ1) is 7.24. The molecule has 0 aliphatic carbocycles. The van der Waals surface area contributed by atoms with Gasteiger partial charge >= 0.3 is 0 Å². The molecule has 1 unspecified atom stereocenters. The summed E-state index contributed by atoms with van der Waals surface area (Å²) in [5.41, 5.74) is 6.95. The van der Waals surface area contributed by atoms with Gasteiger partial charge in [-0.15, -0.1) is 0 Å². The first-order valence-corrected chi connectivity index (χ1v) is 5.56. The molecule has 1 atom stereocenters. The Morgan fingerprint density at radius 1 is 1.33 bits per heavy atom. The second-order valence-corrected chi connectivity index (χ2v) is 3.85. The summed E-state index contributed by atoms with van der Waals surface area (Å²) in [7, 11) is 0. The minimum absolute atomic E-state index is 0.181. The molecule has 1 aromatic rings. The fourth-order valence-corrected chi connectivity index (χ4v) is 1.57. The van der Waals surface area contributed by atoms with Crippen LogP contribution in [0.25, 0.3) is 0 Å². The molecule has 0 aliphatic heterocycles. The molecule has 2 N–H and O–H groups in total. The Labute approximate surface area is 91.5 Å². The first kappa shape index (κ1) is 11.9. The zero-order valence-corrected chi connectivity index (χ0v) is 9.28. The molecule has 0 aromatic heterocycles. The smallest absolute Gasteiger partial charge is 0.149 e. The van der Waals surface area contributed by atoms with Crippen molar-refractivity contribution in [2.24, 2.45) is 5.73 Å². The van der Waals surface area contributed by atoms with Gasteiger partial charge < -0.3 is 5.73 Å². The summed E-state index contributed by atoms with van der Waals surface area (Å²) in [5, 5.41) is 0. The highest BCUT2D eigenvalue weighted by atomic mass is 16.1. The second kappa shape index (κ2) is 6.36. The molecule has 15 heavy (non-hydrogen) atoms. The lowest BCUT2D eigenvalue weighted by Gasteiger charge is -2.08. The van der Waals surface area contributed by atoms with Gasteiger partial charge in [-0.3, -0.25) is 4.79 Å². The van der Waals surface area contributed by atoms with Gasteiger partial charge in [0.2, 0.25) is 0 Å². The largest absolute Gasteiger partial charge is 0.322 e. The standard InChI is InChI=1S/C13H19NO/c1-2-6-12(14)13(15)10-9-11-7-4-3-5-8-11/h3-5,7-8,12H,2,6,9-10,14H2,1H3. The van der Waals surface area contributed by atoms with Crippen molar-refractivity contribution in [2.45, 2.75) is 38.6 Å². The van der Waals surface area contributed by atoms with Crippen LogP contribution in [-0.4, -0.2) is 11.8 Å². The fourth-order valence-electron chi connectivity index (χ4n) is 1.57. The summed E-state index contributed by atoms with van der Waals surface area (Å²) in [6.07, 6.45) is 3.13. The number of ketones is 1. The van der Waals surface area contributed by atoms with Crippen LogP contribution in [0, 0.1) is 0 Å². The van der Waals surface area contributed by atoms with Gasteiger partial charge in [0, 0.05) is 6.42 Å². The third-order valence-corrected chi connectivity index (χ3v) is 2.52. The van der Waals surface area contributed by atoms with Crippen molar-refractivity contribution < 1.29 is 4.79 Å². The minimum Gasteiger partial charge on any atom is -0.322 e. The van der Waals surface area contributed by atoms with Crippen LogP contribution in [-0.2, 0) is 11.2 Å². The van der Waals surface area contributed by atoms with E-state index in [1.807, 2.05) is 37.3 Å². The second-order valence-electron chi connectivity index (χ2n) is 3.85. The maximum atomic E-state index is 11.6. The molecule has 1 aromatic carbocycles. The quantitative estimate of drug-likeness (QED) is 0.774. The molecule has 0 bridgehead atoms. The van der Waals surface area contributed by atoms with Crippen LogP contribution in [0.3, 0.4) is 0 Å². The molecule has 82 valence electrons. The highest BCUT2D eigenvalue weighted by Gasteiger charge is 2.11. The van der Waals surface area contributed by atoms with Crippen LogP contribution in [0.1, 0.15) is 31.7 Å². The summed E-state index contributed by atoms with van der Waals surface area (Å²) >= 11 is 0. The van der Waals surface area contributed by atoms with Crippen molar-refractivity contribution in [3.05, 3.63) is 35.9 Å². The van der Waals surface area contributed by atoms with Gasteiger partial charge in [0.15, 0.2) is 0 Å². The van der Waals surface area contributed by atoms with E-state index in [1.165, 1.54) is 5.56 Å². The average molecular weight is 205 g/mol. The Kier molecular flexibility index (Phi) is 5.05. The van der Waals surface area contributed by atoms with Crippen LogP contribution >= 0.6 is 0 Å². The number of rotatable bonds is 6. The van der Waals surface area contributed by atoms with E-state index in [0.717, 1.165) is 19.3 Å². The fraction of sp³-hybridized carbons (Fsp3) is 0.462. The lowest BCUT2D eigenvalue weighted by Crippen LogP contribution is -2.30. The third kappa shape index (κ3) is 4.26. The first-order valence-electron chi connectivity index (χ1n) is 5.56. The van der Waals surface area contributed by atoms with Gasteiger partial charge in [0.1, 0.15) is 5.78 Å². The third-order valence-electron chi connectivity index (χ3n) is 2.52. The van der Waals surface area contributed by atoms with Crippen LogP contribution < -0.4 is 5.73 Å². The Morgan fingerprint density at radius 2 is 2.00 bits per heavy atom. The van der Waals surface area contributed by atoms with Crippen LogP contribution in [0.4, 0.5) is 0 Å². The Hall–Kier alpha value is -1.15. The van der Waals surface area contributed by atoms with E-state index in [-0.39, 0.29) is 11.8 Å². The van der Waals surface area contributed by atoms with Crippen molar-refractivity contribution >= 4 is 5.78 Å². The Morgan fingerprint density at radius 3 is 2.60 bits per heavy atom. The van der Waals surface area contributed by atoms with E-state index >= 15 is 0 Å².